The molecule has 0 amide bonds. The van der Waals surface area contributed by atoms with Crippen molar-refractivity contribution in [3.8, 4) is 0 Å². The normalized spacial score (nSPS) is 10.3. The first kappa shape index (κ1) is 15.1. The van der Waals surface area contributed by atoms with Crippen LogP contribution in [0.5, 0.6) is 0 Å². The van der Waals surface area contributed by atoms with E-state index in [4.69, 9.17) is 9.84 Å². The van der Waals surface area contributed by atoms with Gasteiger partial charge in [0.15, 0.2) is 0 Å². The van der Waals surface area contributed by atoms with E-state index in [9.17, 15) is 4.79 Å². The fourth-order valence-corrected chi connectivity index (χ4v) is 0.443. The average Bonchev–Trinajstić information content (AvgIpc) is 1.83. The molecule has 0 saturated carbocycles. The summed E-state index contributed by atoms with van der Waals surface area (Å²) in [5.74, 6) is 0.167. The number of carbonyl (C=O) groups is 1. The molecule has 0 aromatic heterocycles. The molecule has 0 aliphatic rings. The third-order valence-corrected chi connectivity index (χ3v) is 0.771. The van der Waals surface area contributed by atoms with E-state index in [-0.39, 0.29) is 17.8 Å². The molecule has 0 spiro atoms. The summed E-state index contributed by atoms with van der Waals surface area (Å²) in [6.07, 6.45) is 0. The molecular formula is C10H22O3. The van der Waals surface area contributed by atoms with E-state index in [1.165, 1.54) is 13.8 Å². The lowest BCUT2D eigenvalue weighted by Crippen LogP contribution is -2.15. The van der Waals surface area contributed by atoms with Crippen LogP contribution in [0.3, 0.4) is 0 Å². The number of aliphatic hydroxyl groups is 1. The monoisotopic (exact) mass is 190 g/mol. The fourth-order valence-electron chi connectivity index (χ4n) is 0.443. The Labute approximate surface area is 81.1 Å². The van der Waals surface area contributed by atoms with Crippen molar-refractivity contribution >= 4 is 5.78 Å². The molecule has 0 aliphatic heterocycles. The third-order valence-electron chi connectivity index (χ3n) is 0.771. The number of aliphatic hydroxyl groups excluding tert-OH is 1. The van der Waals surface area contributed by atoms with Crippen molar-refractivity contribution in [2.45, 2.75) is 34.6 Å². The van der Waals surface area contributed by atoms with E-state index in [0.29, 0.717) is 13.2 Å². The first-order chi connectivity index (χ1) is 5.79. The molecule has 0 rings (SSSR count). The minimum absolute atomic E-state index is 0.121. The van der Waals surface area contributed by atoms with Gasteiger partial charge in [0.1, 0.15) is 5.78 Å². The van der Waals surface area contributed by atoms with Gasteiger partial charge in [0.25, 0.3) is 0 Å². The smallest absolute Gasteiger partial charge is 0.126 e. The zero-order valence-corrected chi connectivity index (χ0v) is 9.39. The largest absolute Gasteiger partial charge is 0.394 e. The van der Waals surface area contributed by atoms with Gasteiger partial charge in [0, 0.05) is 0 Å². The molecule has 0 aromatic rings. The van der Waals surface area contributed by atoms with Crippen LogP contribution in [0.1, 0.15) is 34.6 Å². The van der Waals surface area contributed by atoms with Crippen LogP contribution in [0.25, 0.3) is 0 Å². The van der Waals surface area contributed by atoms with Crippen LogP contribution >= 0.6 is 0 Å². The number of ether oxygens (including phenoxy) is 1. The first-order valence-electron chi connectivity index (χ1n) is 4.45. The Morgan fingerprint density at radius 2 is 1.69 bits per heavy atom. The topological polar surface area (TPSA) is 46.5 Å². The second kappa shape index (κ2) is 8.20. The predicted octanol–water partition coefficient (Wildman–Crippen LogP) is 1.64. The summed E-state index contributed by atoms with van der Waals surface area (Å²) in [7, 11) is 0. The quantitative estimate of drug-likeness (QED) is 0.688. The molecule has 0 atom stereocenters. The molecule has 3 nitrogen and oxygen atoms in total. The molecule has 0 aromatic carbocycles. The van der Waals surface area contributed by atoms with Crippen molar-refractivity contribution in [1.29, 1.82) is 0 Å². The second-order valence-electron chi connectivity index (χ2n) is 4.25. The Hall–Kier alpha value is -0.410. The lowest BCUT2D eigenvalue weighted by atomic mass is 9.99. The van der Waals surface area contributed by atoms with Crippen LogP contribution in [-0.2, 0) is 9.53 Å². The molecule has 0 heterocycles. The summed E-state index contributed by atoms with van der Waals surface area (Å²) in [5.41, 5.74) is 0.217. The standard InChI is InChI=1S/C7H16O2.C3H6O/c1-7(2,3)6-9-5-4-8;1-3(2)4/h8H,4-6H2,1-3H3;1-2H3. The van der Waals surface area contributed by atoms with Gasteiger partial charge in [-0.1, -0.05) is 20.8 Å². The van der Waals surface area contributed by atoms with Crippen LogP contribution in [0, 0.1) is 5.41 Å². The molecule has 0 aliphatic carbocycles. The van der Waals surface area contributed by atoms with E-state index >= 15 is 0 Å². The zero-order chi connectivity index (χ0) is 10.9. The molecule has 13 heavy (non-hydrogen) atoms. The van der Waals surface area contributed by atoms with Crippen molar-refractivity contribution in [3.05, 3.63) is 0 Å². The number of rotatable bonds is 3. The molecule has 1 N–H and O–H groups in total. The zero-order valence-electron chi connectivity index (χ0n) is 9.39. The summed E-state index contributed by atoms with van der Waals surface area (Å²) < 4.78 is 5.10. The summed E-state index contributed by atoms with van der Waals surface area (Å²) >= 11 is 0. The van der Waals surface area contributed by atoms with Gasteiger partial charge in [-0.05, 0) is 19.3 Å². The molecule has 0 saturated heterocycles. The van der Waals surface area contributed by atoms with Gasteiger partial charge in [-0.3, -0.25) is 0 Å². The maximum Gasteiger partial charge on any atom is 0.126 e. The molecule has 80 valence electrons. The summed E-state index contributed by atoms with van der Waals surface area (Å²) in [4.78, 5) is 9.44. The van der Waals surface area contributed by atoms with Gasteiger partial charge in [-0.25, -0.2) is 0 Å². The van der Waals surface area contributed by atoms with Crippen LogP contribution in [0.15, 0.2) is 0 Å². The maximum absolute atomic E-state index is 9.44. The Bertz CT molecular complexity index is 121. The highest BCUT2D eigenvalue weighted by atomic mass is 16.5. The average molecular weight is 190 g/mol. The number of carbonyl (C=O) groups excluding carboxylic acids is 1. The van der Waals surface area contributed by atoms with E-state index in [2.05, 4.69) is 20.8 Å². The van der Waals surface area contributed by atoms with Crippen LogP contribution in [0.4, 0.5) is 0 Å². The highest BCUT2D eigenvalue weighted by molar-refractivity contribution is 5.72. The highest BCUT2D eigenvalue weighted by Gasteiger charge is 2.08. The molecule has 3 heteroatoms. The summed E-state index contributed by atoms with van der Waals surface area (Å²) in [6.45, 7) is 10.7. The van der Waals surface area contributed by atoms with E-state index in [1.807, 2.05) is 0 Å². The number of hydrogen-bond donors (Lipinski definition) is 1. The summed E-state index contributed by atoms with van der Waals surface area (Å²) in [6, 6.07) is 0. The predicted molar refractivity (Wildman–Crippen MR) is 53.7 cm³/mol. The van der Waals surface area contributed by atoms with Crippen LogP contribution in [-0.4, -0.2) is 30.7 Å². The van der Waals surface area contributed by atoms with Gasteiger partial charge >= 0.3 is 0 Å². The third kappa shape index (κ3) is 34.1. The Kier molecular flexibility index (Phi) is 9.51. The van der Waals surface area contributed by atoms with Gasteiger partial charge in [0.05, 0.1) is 19.8 Å². The van der Waals surface area contributed by atoms with E-state index in [1.54, 1.807) is 0 Å². The second-order valence-corrected chi connectivity index (χ2v) is 4.25. The lowest BCUT2D eigenvalue weighted by molar-refractivity contribution is -0.114. The van der Waals surface area contributed by atoms with Crippen molar-refractivity contribution in [2.24, 2.45) is 5.41 Å². The Morgan fingerprint density at radius 1 is 1.31 bits per heavy atom. The molecular weight excluding hydrogens is 168 g/mol. The van der Waals surface area contributed by atoms with Crippen molar-refractivity contribution in [2.75, 3.05) is 19.8 Å². The minimum atomic E-state index is 0.121. The molecule has 0 bridgehead atoms. The molecule has 0 radical (unpaired) electrons. The van der Waals surface area contributed by atoms with E-state index < -0.39 is 0 Å². The number of ketones is 1. The SMILES string of the molecule is CC(C)(C)COCCO.CC(C)=O. The fraction of sp³-hybridized carbons (Fsp3) is 0.900. The van der Waals surface area contributed by atoms with Gasteiger partial charge in [0.2, 0.25) is 0 Å². The van der Waals surface area contributed by atoms with Crippen molar-refractivity contribution in [1.82, 2.24) is 0 Å². The first-order valence-corrected chi connectivity index (χ1v) is 4.45. The Balaban J connectivity index is 0. The summed E-state index contributed by atoms with van der Waals surface area (Å²) in [5, 5.41) is 8.34. The highest BCUT2D eigenvalue weighted by Crippen LogP contribution is 2.12. The van der Waals surface area contributed by atoms with Gasteiger partial charge in [-0.15, -0.1) is 0 Å². The Morgan fingerprint density at radius 3 is 1.92 bits per heavy atom. The number of Topliss-reactive ketones (excluding diaryl/α,β-unsaturated/α-hetero) is 1. The molecule has 0 unspecified atom stereocenters. The van der Waals surface area contributed by atoms with Crippen molar-refractivity contribution in [3.63, 3.8) is 0 Å². The van der Waals surface area contributed by atoms with Gasteiger partial charge in [-0.2, -0.15) is 0 Å². The minimum Gasteiger partial charge on any atom is -0.394 e. The van der Waals surface area contributed by atoms with Crippen LogP contribution in [0.2, 0.25) is 0 Å². The molecule has 0 fully saturated rings. The van der Waals surface area contributed by atoms with E-state index in [0.717, 1.165) is 0 Å². The lowest BCUT2D eigenvalue weighted by Gasteiger charge is -2.17. The van der Waals surface area contributed by atoms with Gasteiger partial charge < -0.3 is 14.6 Å². The maximum atomic E-state index is 9.44. The van der Waals surface area contributed by atoms with Crippen molar-refractivity contribution < 1.29 is 14.6 Å². The number of hydrogen-bond acceptors (Lipinski definition) is 3. The van der Waals surface area contributed by atoms with Crippen LogP contribution < -0.4 is 0 Å².